The Bertz CT molecular complexity index is 1130. The summed E-state index contributed by atoms with van der Waals surface area (Å²) in [6.45, 7) is 4.64. The summed E-state index contributed by atoms with van der Waals surface area (Å²) in [6, 6.07) is 10.8. The normalized spacial score (nSPS) is 17.8. The van der Waals surface area contributed by atoms with Crippen LogP contribution in [0.25, 0.3) is 5.69 Å². The molecular formula is C25H28ClN5O2. The zero-order chi connectivity index (χ0) is 22.7. The standard InChI is InChI=1S/C25H28ClN5O2/c26-19-1-2-20(28-16-19)18-33-22-5-12-31(24(32)15-22)21-3-4-23(29-17-21)30-13-8-25(9-14-30)6-10-27-11-7-25/h1-5,12,15-17,27H,6-11,13-14,18H2. The van der Waals surface area contributed by atoms with Crippen molar-refractivity contribution in [3.8, 4) is 11.4 Å². The quantitative estimate of drug-likeness (QED) is 0.617. The molecule has 2 aliphatic heterocycles. The summed E-state index contributed by atoms with van der Waals surface area (Å²) in [4.78, 5) is 23.9. The fourth-order valence-corrected chi connectivity index (χ4v) is 4.90. The van der Waals surface area contributed by atoms with Gasteiger partial charge in [-0.1, -0.05) is 11.6 Å². The highest BCUT2D eigenvalue weighted by Crippen LogP contribution is 2.40. The highest BCUT2D eigenvalue weighted by atomic mass is 35.5. The van der Waals surface area contributed by atoms with Gasteiger partial charge in [0, 0.05) is 31.5 Å². The lowest BCUT2D eigenvalue weighted by Gasteiger charge is -2.44. The van der Waals surface area contributed by atoms with Gasteiger partial charge in [-0.25, -0.2) is 4.98 Å². The molecule has 8 heteroatoms. The Morgan fingerprint density at radius 3 is 2.48 bits per heavy atom. The van der Waals surface area contributed by atoms with Crippen LogP contribution in [0.1, 0.15) is 31.4 Å². The van der Waals surface area contributed by atoms with Crippen LogP contribution in [-0.4, -0.2) is 40.7 Å². The predicted octanol–water partition coefficient (Wildman–Crippen LogP) is 3.83. The van der Waals surface area contributed by atoms with E-state index in [2.05, 4.69) is 20.2 Å². The van der Waals surface area contributed by atoms with Crippen molar-refractivity contribution < 1.29 is 4.74 Å². The number of hydrogen-bond acceptors (Lipinski definition) is 6. The zero-order valence-corrected chi connectivity index (χ0v) is 19.3. The van der Waals surface area contributed by atoms with Crippen LogP contribution in [0.3, 0.4) is 0 Å². The molecule has 0 radical (unpaired) electrons. The molecule has 33 heavy (non-hydrogen) atoms. The van der Waals surface area contributed by atoms with E-state index in [4.69, 9.17) is 16.3 Å². The van der Waals surface area contributed by atoms with E-state index in [-0.39, 0.29) is 12.2 Å². The van der Waals surface area contributed by atoms with E-state index in [0.29, 0.717) is 16.2 Å². The molecule has 1 N–H and O–H groups in total. The van der Waals surface area contributed by atoms with E-state index in [1.807, 2.05) is 12.1 Å². The molecule has 1 spiro atoms. The summed E-state index contributed by atoms with van der Waals surface area (Å²) >= 11 is 5.85. The molecule has 0 saturated carbocycles. The predicted molar refractivity (Wildman–Crippen MR) is 129 cm³/mol. The molecule has 0 aromatic carbocycles. The zero-order valence-electron chi connectivity index (χ0n) is 18.5. The molecule has 2 fully saturated rings. The van der Waals surface area contributed by atoms with Gasteiger partial charge in [0.25, 0.3) is 5.56 Å². The third-order valence-corrected chi connectivity index (χ3v) is 7.11. The van der Waals surface area contributed by atoms with Crippen LogP contribution in [0.4, 0.5) is 5.82 Å². The molecule has 2 aliphatic rings. The van der Waals surface area contributed by atoms with Crippen molar-refractivity contribution in [3.05, 3.63) is 76.1 Å². The monoisotopic (exact) mass is 465 g/mol. The Morgan fingerprint density at radius 2 is 1.82 bits per heavy atom. The van der Waals surface area contributed by atoms with Gasteiger partial charge in [-0.15, -0.1) is 0 Å². The maximum atomic E-state index is 12.7. The first-order chi connectivity index (χ1) is 16.1. The van der Waals surface area contributed by atoms with Crippen molar-refractivity contribution in [3.63, 3.8) is 0 Å². The van der Waals surface area contributed by atoms with Crippen LogP contribution in [0.15, 0.2) is 59.8 Å². The number of pyridine rings is 3. The molecule has 0 atom stereocenters. The summed E-state index contributed by atoms with van der Waals surface area (Å²) in [7, 11) is 0. The molecule has 0 bridgehead atoms. The molecule has 3 aromatic rings. The van der Waals surface area contributed by atoms with Crippen LogP contribution in [-0.2, 0) is 6.61 Å². The number of piperidine rings is 2. The first-order valence-electron chi connectivity index (χ1n) is 11.5. The second-order valence-electron chi connectivity index (χ2n) is 8.94. The fourth-order valence-electron chi connectivity index (χ4n) is 4.79. The Balaban J connectivity index is 1.22. The third-order valence-electron chi connectivity index (χ3n) is 6.89. The first kappa shape index (κ1) is 21.9. The van der Waals surface area contributed by atoms with Crippen molar-refractivity contribution in [2.24, 2.45) is 5.41 Å². The number of halogens is 1. The summed E-state index contributed by atoms with van der Waals surface area (Å²) in [5.41, 5.74) is 1.83. The highest BCUT2D eigenvalue weighted by Gasteiger charge is 2.35. The third kappa shape index (κ3) is 5.04. The van der Waals surface area contributed by atoms with E-state index in [1.165, 1.54) is 31.7 Å². The minimum atomic E-state index is -0.170. The maximum absolute atomic E-state index is 12.7. The second kappa shape index (κ2) is 9.53. The van der Waals surface area contributed by atoms with Crippen LogP contribution in [0.2, 0.25) is 5.02 Å². The molecule has 0 amide bonds. The van der Waals surface area contributed by atoms with Gasteiger partial charge in [0.15, 0.2) is 0 Å². The molecule has 5 heterocycles. The Morgan fingerprint density at radius 1 is 1.00 bits per heavy atom. The fraction of sp³-hybridized carbons (Fsp3) is 0.400. The number of hydrogen-bond donors (Lipinski definition) is 1. The molecule has 3 aromatic heterocycles. The van der Waals surface area contributed by atoms with Crippen molar-refractivity contribution in [1.29, 1.82) is 0 Å². The maximum Gasteiger partial charge on any atom is 0.258 e. The lowest BCUT2D eigenvalue weighted by atomic mass is 9.71. The number of nitrogens with one attached hydrogen (secondary N) is 1. The van der Waals surface area contributed by atoms with Gasteiger partial charge in [0.05, 0.1) is 22.6 Å². The summed E-state index contributed by atoms with van der Waals surface area (Å²) in [6.07, 6.45) is 10.1. The molecule has 0 unspecified atom stereocenters. The lowest BCUT2D eigenvalue weighted by Crippen LogP contribution is -2.45. The molecular weight excluding hydrogens is 438 g/mol. The Labute approximate surface area is 198 Å². The number of anilines is 1. The summed E-state index contributed by atoms with van der Waals surface area (Å²) in [5, 5.41) is 4.05. The van der Waals surface area contributed by atoms with Gasteiger partial charge in [-0.05, 0) is 74.5 Å². The number of nitrogens with zero attached hydrogens (tertiary/aromatic N) is 4. The van der Waals surface area contributed by atoms with Crippen LogP contribution < -0.4 is 20.5 Å². The summed E-state index contributed by atoms with van der Waals surface area (Å²) in [5.74, 6) is 1.48. The Hall–Kier alpha value is -2.90. The van der Waals surface area contributed by atoms with Gasteiger partial charge < -0.3 is 15.0 Å². The smallest absolute Gasteiger partial charge is 0.258 e. The van der Waals surface area contributed by atoms with E-state index >= 15 is 0 Å². The second-order valence-corrected chi connectivity index (χ2v) is 9.38. The molecule has 0 aliphatic carbocycles. The average Bonchev–Trinajstić information content (AvgIpc) is 2.85. The van der Waals surface area contributed by atoms with Gasteiger partial charge in [-0.2, -0.15) is 0 Å². The molecule has 2 saturated heterocycles. The highest BCUT2D eigenvalue weighted by molar-refractivity contribution is 6.30. The topological polar surface area (TPSA) is 72.3 Å². The van der Waals surface area contributed by atoms with E-state index in [0.717, 1.165) is 43.4 Å². The number of rotatable bonds is 5. The SMILES string of the molecule is O=c1cc(OCc2ccc(Cl)cn2)ccn1-c1ccc(N2CCC3(CCNCC3)CC2)nc1. The van der Waals surface area contributed by atoms with E-state index in [1.54, 1.807) is 41.4 Å². The Kier molecular flexibility index (Phi) is 6.33. The van der Waals surface area contributed by atoms with E-state index < -0.39 is 0 Å². The minimum Gasteiger partial charge on any atom is -0.487 e. The van der Waals surface area contributed by atoms with Crippen molar-refractivity contribution >= 4 is 17.4 Å². The van der Waals surface area contributed by atoms with Crippen LogP contribution >= 0.6 is 11.6 Å². The first-order valence-corrected chi connectivity index (χ1v) is 11.9. The largest absolute Gasteiger partial charge is 0.487 e. The van der Waals surface area contributed by atoms with Gasteiger partial charge >= 0.3 is 0 Å². The van der Waals surface area contributed by atoms with Crippen molar-refractivity contribution in [2.75, 3.05) is 31.1 Å². The van der Waals surface area contributed by atoms with E-state index in [9.17, 15) is 4.79 Å². The van der Waals surface area contributed by atoms with Crippen LogP contribution in [0, 0.1) is 5.41 Å². The van der Waals surface area contributed by atoms with Gasteiger partial charge in [0.1, 0.15) is 18.2 Å². The molecule has 7 nitrogen and oxygen atoms in total. The van der Waals surface area contributed by atoms with Crippen molar-refractivity contribution in [2.45, 2.75) is 32.3 Å². The van der Waals surface area contributed by atoms with Crippen molar-refractivity contribution in [1.82, 2.24) is 19.9 Å². The minimum absolute atomic E-state index is 0.170. The van der Waals surface area contributed by atoms with Gasteiger partial charge in [0.2, 0.25) is 0 Å². The van der Waals surface area contributed by atoms with Gasteiger partial charge in [-0.3, -0.25) is 14.3 Å². The van der Waals surface area contributed by atoms with Crippen LogP contribution in [0.5, 0.6) is 5.75 Å². The average molecular weight is 466 g/mol. The summed E-state index contributed by atoms with van der Waals surface area (Å²) < 4.78 is 7.28. The lowest BCUT2D eigenvalue weighted by molar-refractivity contribution is 0.154. The molecule has 172 valence electrons. The molecule has 5 rings (SSSR count). The number of ether oxygens (including phenoxy) is 1. The number of aromatic nitrogens is 3.